The Morgan fingerprint density at radius 3 is 2.64 bits per heavy atom. The van der Waals surface area contributed by atoms with Crippen molar-refractivity contribution in [1.29, 1.82) is 0 Å². The molecule has 0 spiro atoms. The number of thiol groups is 1. The Bertz CT molecular complexity index is 162. The molecule has 1 saturated heterocycles. The Morgan fingerprint density at radius 1 is 1.64 bits per heavy atom. The van der Waals surface area contributed by atoms with Crippen LogP contribution in [0.3, 0.4) is 0 Å². The Labute approximate surface area is 73.4 Å². The summed E-state index contributed by atoms with van der Waals surface area (Å²) in [5.74, 6) is 0.284. The molecule has 1 heterocycles. The van der Waals surface area contributed by atoms with Gasteiger partial charge in [0.1, 0.15) is 0 Å². The van der Waals surface area contributed by atoms with Gasteiger partial charge < -0.3 is 4.90 Å². The van der Waals surface area contributed by atoms with Crippen LogP contribution < -0.4 is 0 Å². The van der Waals surface area contributed by atoms with E-state index >= 15 is 0 Å². The minimum atomic E-state index is -0.0556. The van der Waals surface area contributed by atoms with Gasteiger partial charge in [0.15, 0.2) is 0 Å². The van der Waals surface area contributed by atoms with Crippen LogP contribution in [0.15, 0.2) is 0 Å². The zero-order valence-electron chi connectivity index (χ0n) is 7.13. The van der Waals surface area contributed by atoms with Crippen molar-refractivity contribution in [3.8, 4) is 0 Å². The average molecular weight is 173 g/mol. The highest BCUT2D eigenvalue weighted by molar-refractivity contribution is 7.81. The molecular formula is C8H15NOS. The number of carbonyl (C=O) groups is 1. The quantitative estimate of drug-likeness (QED) is 0.624. The number of nitrogens with zero attached hydrogens (tertiary/aromatic N) is 1. The number of hydrogen-bond donors (Lipinski definition) is 1. The molecule has 3 heteroatoms. The van der Waals surface area contributed by atoms with Crippen molar-refractivity contribution in [2.45, 2.75) is 31.4 Å². The molecule has 0 unspecified atom stereocenters. The second-order valence-electron chi connectivity index (χ2n) is 3.73. The van der Waals surface area contributed by atoms with Crippen LogP contribution in [0.5, 0.6) is 0 Å². The van der Waals surface area contributed by atoms with Crippen molar-refractivity contribution in [2.24, 2.45) is 0 Å². The summed E-state index contributed by atoms with van der Waals surface area (Å²) in [6.07, 6.45) is 1.74. The smallest absolute Gasteiger partial charge is 0.222 e. The highest BCUT2D eigenvalue weighted by atomic mass is 32.1. The van der Waals surface area contributed by atoms with Gasteiger partial charge in [0.25, 0.3) is 0 Å². The lowest BCUT2D eigenvalue weighted by Crippen LogP contribution is -2.35. The van der Waals surface area contributed by atoms with Gasteiger partial charge in [0, 0.05) is 24.3 Å². The van der Waals surface area contributed by atoms with Crippen LogP contribution in [0.2, 0.25) is 0 Å². The van der Waals surface area contributed by atoms with Crippen LogP contribution in [0, 0.1) is 0 Å². The lowest BCUT2D eigenvalue weighted by atomic mass is 10.2. The zero-order chi connectivity index (χ0) is 8.48. The second kappa shape index (κ2) is 3.05. The Kier molecular flexibility index (Phi) is 2.47. The van der Waals surface area contributed by atoms with E-state index in [2.05, 4.69) is 12.6 Å². The first-order valence-corrected chi connectivity index (χ1v) is 4.44. The van der Waals surface area contributed by atoms with E-state index in [4.69, 9.17) is 0 Å². The molecule has 0 aromatic rings. The molecule has 0 radical (unpaired) electrons. The van der Waals surface area contributed by atoms with Crippen LogP contribution >= 0.6 is 12.6 Å². The number of carbonyl (C=O) groups excluding carboxylic acids is 1. The van der Waals surface area contributed by atoms with E-state index in [-0.39, 0.29) is 10.7 Å². The van der Waals surface area contributed by atoms with Gasteiger partial charge in [0.05, 0.1) is 0 Å². The highest BCUT2D eigenvalue weighted by Crippen LogP contribution is 2.18. The molecule has 0 aliphatic carbocycles. The van der Waals surface area contributed by atoms with Gasteiger partial charge in [-0.15, -0.1) is 0 Å². The van der Waals surface area contributed by atoms with Gasteiger partial charge in [-0.1, -0.05) is 0 Å². The maximum atomic E-state index is 11.1. The average Bonchev–Trinajstić information content (AvgIpc) is 2.12. The summed E-state index contributed by atoms with van der Waals surface area (Å²) >= 11 is 4.38. The molecule has 1 amide bonds. The van der Waals surface area contributed by atoms with E-state index in [0.717, 1.165) is 25.9 Å². The normalized spacial score (nSPS) is 19.5. The third kappa shape index (κ3) is 2.73. The van der Waals surface area contributed by atoms with Crippen LogP contribution in [0.1, 0.15) is 26.7 Å². The van der Waals surface area contributed by atoms with Gasteiger partial charge in [-0.2, -0.15) is 12.6 Å². The van der Waals surface area contributed by atoms with Crippen molar-refractivity contribution in [3.05, 3.63) is 0 Å². The predicted molar refractivity (Wildman–Crippen MR) is 48.9 cm³/mol. The highest BCUT2D eigenvalue weighted by Gasteiger charge is 2.24. The Morgan fingerprint density at radius 2 is 2.27 bits per heavy atom. The van der Waals surface area contributed by atoms with Gasteiger partial charge in [-0.05, 0) is 20.3 Å². The first-order valence-electron chi connectivity index (χ1n) is 3.99. The maximum absolute atomic E-state index is 11.1. The van der Waals surface area contributed by atoms with Gasteiger partial charge in [0.2, 0.25) is 5.91 Å². The van der Waals surface area contributed by atoms with Crippen molar-refractivity contribution < 1.29 is 4.79 Å². The molecule has 1 rings (SSSR count). The third-order valence-electron chi connectivity index (χ3n) is 1.75. The van der Waals surface area contributed by atoms with E-state index in [1.54, 1.807) is 0 Å². The molecule has 0 bridgehead atoms. The summed E-state index contributed by atoms with van der Waals surface area (Å²) in [4.78, 5) is 13.0. The number of rotatable bonds is 2. The minimum absolute atomic E-state index is 0.0556. The first-order chi connectivity index (χ1) is 4.99. The molecule has 11 heavy (non-hydrogen) atoms. The van der Waals surface area contributed by atoms with Gasteiger partial charge in [-0.25, -0.2) is 0 Å². The predicted octanol–water partition coefficient (Wildman–Crippen LogP) is 1.32. The SMILES string of the molecule is CC(C)(S)CN1CCCC1=O. The molecule has 1 aliphatic rings. The topological polar surface area (TPSA) is 20.3 Å². The number of likely N-dealkylation sites (tertiary alicyclic amines) is 1. The van der Waals surface area contributed by atoms with Crippen molar-refractivity contribution in [1.82, 2.24) is 4.90 Å². The molecule has 1 aliphatic heterocycles. The molecule has 0 atom stereocenters. The molecule has 0 N–H and O–H groups in total. The van der Waals surface area contributed by atoms with Gasteiger partial charge >= 0.3 is 0 Å². The largest absolute Gasteiger partial charge is 0.341 e. The summed E-state index contributed by atoms with van der Waals surface area (Å²) < 4.78 is -0.0556. The van der Waals surface area contributed by atoms with Crippen molar-refractivity contribution in [2.75, 3.05) is 13.1 Å². The van der Waals surface area contributed by atoms with Crippen LogP contribution in [0.25, 0.3) is 0 Å². The molecule has 0 aromatic heterocycles. The fourth-order valence-electron chi connectivity index (χ4n) is 1.34. The lowest BCUT2D eigenvalue weighted by Gasteiger charge is -2.25. The molecular weight excluding hydrogens is 158 g/mol. The first kappa shape index (κ1) is 8.91. The van der Waals surface area contributed by atoms with E-state index in [0.29, 0.717) is 0 Å². The monoisotopic (exact) mass is 173 g/mol. The second-order valence-corrected chi connectivity index (χ2v) is 4.94. The fourth-order valence-corrected chi connectivity index (χ4v) is 1.51. The number of amides is 1. The molecule has 64 valence electrons. The maximum Gasteiger partial charge on any atom is 0.222 e. The summed E-state index contributed by atoms with van der Waals surface area (Å²) in [5.41, 5.74) is 0. The van der Waals surface area contributed by atoms with Crippen LogP contribution in [0.4, 0.5) is 0 Å². The van der Waals surface area contributed by atoms with Gasteiger partial charge in [-0.3, -0.25) is 4.79 Å². The van der Waals surface area contributed by atoms with Crippen molar-refractivity contribution >= 4 is 18.5 Å². The van der Waals surface area contributed by atoms with Crippen LogP contribution in [-0.4, -0.2) is 28.6 Å². The lowest BCUT2D eigenvalue weighted by molar-refractivity contribution is -0.127. The summed E-state index contributed by atoms with van der Waals surface area (Å²) in [6, 6.07) is 0. The fraction of sp³-hybridized carbons (Fsp3) is 0.875. The van der Waals surface area contributed by atoms with E-state index in [9.17, 15) is 4.79 Å². The van der Waals surface area contributed by atoms with Crippen LogP contribution in [-0.2, 0) is 4.79 Å². The number of hydrogen-bond acceptors (Lipinski definition) is 2. The minimum Gasteiger partial charge on any atom is -0.341 e. The molecule has 1 fully saturated rings. The van der Waals surface area contributed by atoms with E-state index < -0.39 is 0 Å². The summed E-state index contributed by atoms with van der Waals surface area (Å²) in [6.45, 7) is 5.75. The molecule has 0 aromatic carbocycles. The Hall–Kier alpha value is -0.180. The van der Waals surface area contributed by atoms with E-state index in [1.807, 2.05) is 18.7 Å². The standard InChI is InChI=1S/C8H15NOS/c1-8(2,11)6-9-5-3-4-7(9)10/h11H,3-6H2,1-2H3. The van der Waals surface area contributed by atoms with Crippen molar-refractivity contribution in [3.63, 3.8) is 0 Å². The molecule has 0 saturated carbocycles. The summed E-state index contributed by atoms with van der Waals surface area (Å²) in [7, 11) is 0. The molecule has 2 nitrogen and oxygen atoms in total. The Balaban J connectivity index is 2.43. The summed E-state index contributed by atoms with van der Waals surface area (Å²) in [5, 5.41) is 0. The van der Waals surface area contributed by atoms with E-state index in [1.165, 1.54) is 0 Å². The zero-order valence-corrected chi connectivity index (χ0v) is 8.03. The third-order valence-corrected chi connectivity index (χ3v) is 1.89.